The zero-order valence-corrected chi connectivity index (χ0v) is 17.4. The highest BCUT2D eigenvalue weighted by atomic mass is 35.5. The highest BCUT2D eigenvalue weighted by Gasteiger charge is 2.41. The minimum atomic E-state index is -0.244. The number of carbonyl (C=O) groups excluding carboxylic acids is 1. The molecular weight excluding hydrogens is 355 g/mol. The fraction of sp³-hybridized carbons (Fsp3) is 0.650. The third kappa shape index (κ3) is 4.50. The number of halogens is 2. The fourth-order valence-corrected chi connectivity index (χ4v) is 4.14. The summed E-state index contributed by atoms with van der Waals surface area (Å²) in [5, 5.41) is 4.10. The van der Waals surface area contributed by atoms with Crippen LogP contribution in [0, 0.1) is 11.3 Å². The van der Waals surface area contributed by atoms with Gasteiger partial charge in [-0.2, -0.15) is 0 Å². The second-order valence-electron chi connectivity index (χ2n) is 7.79. The van der Waals surface area contributed by atoms with E-state index in [0.717, 1.165) is 18.5 Å². The Morgan fingerprint density at radius 2 is 2.04 bits per heavy atom. The van der Waals surface area contributed by atoms with Crippen LogP contribution < -0.4 is 5.32 Å². The van der Waals surface area contributed by atoms with Gasteiger partial charge in [0.25, 0.3) is 0 Å². The summed E-state index contributed by atoms with van der Waals surface area (Å²) < 4.78 is 0. The molecule has 1 aromatic rings. The maximum atomic E-state index is 12.5. The quantitative estimate of drug-likeness (QED) is 0.776. The molecule has 1 saturated heterocycles. The van der Waals surface area contributed by atoms with E-state index in [1.807, 2.05) is 13.0 Å². The molecule has 0 aliphatic carbocycles. The van der Waals surface area contributed by atoms with Crippen LogP contribution >= 0.6 is 23.2 Å². The molecular formula is C20H30Cl2N2O. The highest BCUT2D eigenvalue weighted by Crippen LogP contribution is 2.42. The fourth-order valence-electron chi connectivity index (χ4n) is 3.83. The normalized spacial score (nSPS) is 28.6. The summed E-state index contributed by atoms with van der Waals surface area (Å²) in [5.74, 6) is 0.445. The number of hydrogen-bond acceptors (Lipinski definition) is 2. The van der Waals surface area contributed by atoms with Crippen molar-refractivity contribution in [1.82, 2.24) is 10.2 Å². The Labute approximate surface area is 162 Å². The standard InChI is InChI=1S/C20H30Cl2N2O/c1-13-8-11-24(5)15(3)20(13,4)9-10-23-19(25)14(2)16-6-7-17(21)18(22)12-16/h6-7,12-15H,8-11H2,1-5H3,(H,23,25). The Morgan fingerprint density at radius 1 is 1.36 bits per heavy atom. The van der Waals surface area contributed by atoms with Gasteiger partial charge in [0.05, 0.1) is 16.0 Å². The van der Waals surface area contributed by atoms with Gasteiger partial charge in [0.2, 0.25) is 5.91 Å². The van der Waals surface area contributed by atoms with E-state index in [9.17, 15) is 4.79 Å². The third-order valence-corrected chi connectivity index (χ3v) is 7.20. The smallest absolute Gasteiger partial charge is 0.227 e. The molecule has 2 rings (SSSR count). The molecule has 3 nitrogen and oxygen atoms in total. The zero-order chi connectivity index (χ0) is 18.8. The minimum absolute atomic E-state index is 0.0338. The number of piperidine rings is 1. The van der Waals surface area contributed by atoms with Gasteiger partial charge in [0.15, 0.2) is 0 Å². The summed E-state index contributed by atoms with van der Waals surface area (Å²) in [6.07, 6.45) is 2.20. The molecule has 25 heavy (non-hydrogen) atoms. The molecule has 1 amide bonds. The Balaban J connectivity index is 1.94. The second-order valence-corrected chi connectivity index (χ2v) is 8.60. The van der Waals surface area contributed by atoms with Gasteiger partial charge >= 0.3 is 0 Å². The monoisotopic (exact) mass is 384 g/mol. The number of amides is 1. The summed E-state index contributed by atoms with van der Waals surface area (Å²) >= 11 is 12.0. The van der Waals surface area contributed by atoms with E-state index in [1.165, 1.54) is 6.42 Å². The average molecular weight is 385 g/mol. The summed E-state index contributed by atoms with van der Waals surface area (Å²) in [6.45, 7) is 10.7. The second kappa shape index (κ2) is 8.28. The van der Waals surface area contributed by atoms with Crippen LogP contribution in [0.4, 0.5) is 0 Å². The lowest BCUT2D eigenvalue weighted by molar-refractivity contribution is -0.122. The van der Waals surface area contributed by atoms with E-state index in [1.54, 1.807) is 12.1 Å². The molecule has 0 saturated carbocycles. The van der Waals surface area contributed by atoms with Crippen molar-refractivity contribution in [2.24, 2.45) is 11.3 Å². The van der Waals surface area contributed by atoms with Gasteiger partial charge < -0.3 is 10.2 Å². The molecule has 1 aliphatic heterocycles. The van der Waals surface area contributed by atoms with Gasteiger partial charge in [-0.05, 0) is 69.3 Å². The average Bonchev–Trinajstić information content (AvgIpc) is 2.58. The predicted octanol–water partition coefficient (Wildman–Crippen LogP) is 4.97. The topological polar surface area (TPSA) is 32.3 Å². The van der Waals surface area contributed by atoms with Gasteiger partial charge in [-0.25, -0.2) is 0 Å². The van der Waals surface area contributed by atoms with Crippen molar-refractivity contribution in [1.29, 1.82) is 0 Å². The van der Waals surface area contributed by atoms with Crippen molar-refractivity contribution < 1.29 is 4.79 Å². The Kier molecular flexibility index (Phi) is 6.80. The van der Waals surface area contributed by atoms with Crippen LogP contribution in [0.25, 0.3) is 0 Å². The SMILES string of the molecule is CC(C(=O)NCCC1(C)C(C)CCN(C)C1C)c1ccc(Cl)c(Cl)c1. The van der Waals surface area contributed by atoms with Crippen LogP contribution in [-0.4, -0.2) is 37.0 Å². The van der Waals surface area contributed by atoms with Crippen molar-refractivity contribution in [3.8, 4) is 0 Å². The van der Waals surface area contributed by atoms with Gasteiger partial charge in [-0.3, -0.25) is 4.79 Å². The summed E-state index contributed by atoms with van der Waals surface area (Å²) in [6, 6.07) is 5.89. The van der Waals surface area contributed by atoms with Crippen molar-refractivity contribution in [2.45, 2.75) is 52.5 Å². The number of rotatable bonds is 5. The van der Waals surface area contributed by atoms with Gasteiger partial charge in [0.1, 0.15) is 0 Å². The predicted molar refractivity (Wildman–Crippen MR) is 106 cm³/mol. The Hall–Kier alpha value is -0.770. The largest absolute Gasteiger partial charge is 0.356 e. The molecule has 1 N–H and O–H groups in total. The molecule has 0 bridgehead atoms. The van der Waals surface area contributed by atoms with E-state index < -0.39 is 0 Å². The van der Waals surface area contributed by atoms with Crippen molar-refractivity contribution in [2.75, 3.05) is 20.1 Å². The van der Waals surface area contributed by atoms with Crippen molar-refractivity contribution >= 4 is 29.1 Å². The van der Waals surface area contributed by atoms with E-state index in [2.05, 4.69) is 38.0 Å². The molecule has 0 aromatic heterocycles. The number of nitrogens with zero attached hydrogens (tertiary/aromatic N) is 1. The highest BCUT2D eigenvalue weighted by molar-refractivity contribution is 6.42. The summed E-state index contributed by atoms with van der Waals surface area (Å²) in [7, 11) is 2.19. The van der Waals surface area contributed by atoms with E-state index >= 15 is 0 Å². The molecule has 0 radical (unpaired) electrons. The van der Waals surface area contributed by atoms with Crippen LogP contribution in [0.3, 0.4) is 0 Å². The minimum Gasteiger partial charge on any atom is -0.356 e. The zero-order valence-electron chi connectivity index (χ0n) is 15.9. The van der Waals surface area contributed by atoms with Crippen LogP contribution in [0.2, 0.25) is 10.0 Å². The summed E-state index contributed by atoms with van der Waals surface area (Å²) in [5.41, 5.74) is 1.10. The molecule has 0 spiro atoms. The van der Waals surface area contributed by atoms with Gasteiger partial charge in [0, 0.05) is 12.6 Å². The molecule has 4 atom stereocenters. The first-order valence-corrected chi connectivity index (χ1v) is 9.85. The lowest BCUT2D eigenvalue weighted by atomic mass is 9.66. The van der Waals surface area contributed by atoms with Gasteiger partial charge in [-0.1, -0.05) is 43.1 Å². The number of hydrogen-bond donors (Lipinski definition) is 1. The first-order valence-electron chi connectivity index (χ1n) is 9.09. The molecule has 5 heteroatoms. The molecule has 1 aliphatic rings. The van der Waals surface area contributed by atoms with E-state index in [-0.39, 0.29) is 17.2 Å². The third-order valence-electron chi connectivity index (χ3n) is 6.46. The van der Waals surface area contributed by atoms with Crippen LogP contribution in [0.1, 0.15) is 52.0 Å². The Morgan fingerprint density at radius 3 is 2.68 bits per heavy atom. The van der Waals surface area contributed by atoms with E-state index in [4.69, 9.17) is 23.2 Å². The molecule has 1 fully saturated rings. The van der Waals surface area contributed by atoms with Crippen LogP contribution in [-0.2, 0) is 4.79 Å². The Bertz CT molecular complexity index is 622. The number of likely N-dealkylation sites (tertiary alicyclic amines) is 1. The van der Waals surface area contributed by atoms with Crippen LogP contribution in [0.5, 0.6) is 0 Å². The number of carbonyl (C=O) groups is 1. The molecule has 1 heterocycles. The van der Waals surface area contributed by atoms with Gasteiger partial charge in [-0.15, -0.1) is 0 Å². The molecule has 4 unspecified atom stereocenters. The maximum absolute atomic E-state index is 12.5. The lowest BCUT2D eigenvalue weighted by Gasteiger charge is -2.50. The maximum Gasteiger partial charge on any atom is 0.227 e. The van der Waals surface area contributed by atoms with Crippen molar-refractivity contribution in [3.63, 3.8) is 0 Å². The van der Waals surface area contributed by atoms with Crippen molar-refractivity contribution in [3.05, 3.63) is 33.8 Å². The van der Waals surface area contributed by atoms with Crippen LogP contribution in [0.15, 0.2) is 18.2 Å². The number of nitrogens with one attached hydrogen (secondary N) is 1. The first-order chi connectivity index (χ1) is 11.7. The lowest BCUT2D eigenvalue weighted by Crippen LogP contribution is -2.52. The van der Waals surface area contributed by atoms with E-state index in [0.29, 0.717) is 28.5 Å². The summed E-state index contributed by atoms with van der Waals surface area (Å²) in [4.78, 5) is 14.9. The molecule has 1 aromatic carbocycles. The first kappa shape index (κ1) is 20.5. The number of benzene rings is 1. The molecule has 140 valence electrons.